The van der Waals surface area contributed by atoms with E-state index < -0.39 is 5.97 Å². The van der Waals surface area contributed by atoms with E-state index in [4.69, 9.17) is 14.6 Å². The molecule has 0 spiro atoms. The van der Waals surface area contributed by atoms with Crippen LogP contribution >= 0.6 is 0 Å². The fourth-order valence-electron chi connectivity index (χ4n) is 1.96. The number of aliphatic carboxylic acids is 1. The first-order valence-electron chi connectivity index (χ1n) is 7.57. The van der Waals surface area contributed by atoms with E-state index in [2.05, 4.69) is 5.32 Å². The average molecular weight is 329 g/mol. The molecule has 6 heteroatoms. The van der Waals surface area contributed by atoms with Gasteiger partial charge in [0.1, 0.15) is 11.5 Å². The first-order chi connectivity index (χ1) is 11.6. The first-order valence-corrected chi connectivity index (χ1v) is 7.57. The monoisotopic (exact) mass is 329 g/mol. The summed E-state index contributed by atoms with van der Waals surface area (Å²) in [5, 5.41) is 11.3. The van der Waals surface area contributed by atoms with Crippen LogP contribution in [-0.4, -0.2) is 30.2 Å². The number of amides is 1. The molecule has 0 aliphatic carbocycles. The predicted molar refractivity (Wildman–Crippen MR) is 89.8 cm³/mol. The molecule has 6 nitrogen and oxygen atoms in total. The third kappa shape index (κ3) is 5.31. The van der Waals surface area contributed by atoms with Crippen molar-refractivity contribution in [2.24, 2.45) is 0 Å². The fourth-order valence-corrected chi connectivity index (χ4v) is 1.96. The zero-order chi connectivity index (χ0) is 17.4. The number of nitrogens with one attached hydrogen (secondary N) is 1. The van der Waals surface area contributed by atoms with Gasteiger partial charge in [-0.1, -0.05) is 0 Å². The number of hydrogen-bond acceptors (Lipinski definition) is 4. The van der Waals surface area contributed by atoms with Gasteiger partial charge in [0.2, 0.25) is 0 Å². The molecular formula is C18H19NO5. The van der Waals surface area contributed by atoms with Crippen molar-refractivity contribution < 1.29 is 24.2 Å². The Morgan fingerprint density at radius 1 is 0.958 bits per heavy atom. The smallest absolute Gasteiger partial charge is 0.306 e. The molecule has 2 N–H and O–H groups in total. The Morgan fingerprint density at radius 3 is 2.12 bits per heavy atom. The van der Waals surface area contributed by atoms with Crippen LogP contribution in [0.4, 0.5) is 5.69 Å². The van der Waals surface area contributed by atoms with Crippen molar-refractivity contribution in [3.8, 4) is 11.5 Å². The number of carboxylic acid groups (broad SMARTS) is 1. The van der Waals surface area contributed by atoms with Crippen LogP contribution < -0.4 is 14.8 Å². The molecule has 2 aromatic carbocycles. The molecule has 0 aliphatic heterocycles. The number of ether oxygens (including phenoxy) is 2. The molecule has 0 saturated carbocycles. The van der Waals surface area contributed by atoms with Crippen LogP contribution in [0.1, 0.15) is 23.7 Å². The largest absolute Gasteiger partial charge is 0.494 e. The summed E-state index contributed by atoms with van der Waals surface area (Å²) in [5.41, 5.74) is 1.15. The number of benzene rings is 2. The van der Waals surface area contributed by atoms with Crippen LogP contribution in [0, 0.1) is 0 Å². The van der Waals surface area contributed by atoms with Crippen LogP contribution in [0.15, 0.2) is 48.5 Å². The third-order valence-electron chi connectivity index (χ3n) is 3.12. The molecule has 0 fully saturated rings. The molecule has 0 atom stereocenters. The highest BCUT2D eigenvalue weighted by Crippen LogP contribution is 2.17. The third-order valence-corrected chi connectivity index (χ3v) is 3.12. The highest BCUT2D eigenvalue weighted by Gasteiger charge is 2.07. The van der Waals surface area contributed by atoms with Gasteiger partial charge in [0.15, 0.2) is 0 Å². The predicted octanol–water partition coefficient (Wildman–Crippen LogP) is 3.19. The molecule has 0 aliphatic rings. The second kappa shape index (κ2) is 8.57. The van der Waals surface area contributed by atoms with Crippen LogP contribution in [0.5, 0.6) is 11.5 Å². The number of anilines is 1. The average Bonchev–Trinajstić information content (AvgIpc) is 2.57. The number of carbonyl (C=O) groups excluding carboxylic acids is 1. The van der Waals surface area contributed by atoms with Crippen LogP contribution in [0.25, 0.3) is 0 Å². The van der Waals surface area contributed by atoms with Crippen LogP contribution in [0.2, 0.25) is 0 Å². The van der Waals surface area contributed by atoms with E-state index >= 15 is 0 Å². The molecule has 0 aromatic heterocycles. The lowest BCUT2D eigenvalue weighted by Crippen LogP contribution is -2.11. The van der Waals surface area contributed by atoms with E-state index in [0.29, 0.717) is 23.6 Å². The van der Waals surface area contributed by atoms with Gasteiger partial charge in [-0.3, -0.25) is 9.59 Å². The zero-order valence-electron chi connectivity index (χ0n) is 13.3. The van der Waals surface area contributed by atoms with Gasteiger partial charge < -0.3 is 19.9 Å². The van der Waals surface area contributed by atoms with Gasteiger partial charge in [-0.15, -0.1) is 0 Å². The quantitative estimate of drug-likeness (QED) is 0.777. The van der Waals surface area contributed by atoms with Gasteiger partial charge in [-0.25, -0.2) is 0 Å². The van der Waals surface area contributed by atoms with Crippen molar-refractivity contribution in [3.63, 3.8) is 0 Å². The van der Waals surface area contributed by atoms with E-state index in [-0.39, 0.29) is 18.9 Å². The molecule has 0 radical (unpaired) electrons. The summed E-state index contributed by atoms with van der Waals surface area (Å²) in [6.07, 6.45) is -0.0695. The summed E-state index contributed by atoms with van der Waals surface area (Å²) in [6.45, 7) is 2.59. The van der Waals surface area contributed by atoms with Crippen molar-refractivity contribution in [2.75, 3.05) is 18.5 Å². The second-order valence-electron chi connectivity index (χ2n) is 4.93. The summed E-state index contributed by atoms with van der Waals surface area (Å²) in [7, 11) is 0. The van der Waals surface area contributed by atoms with Crippen molar-refractivity contribution in [3.05, 3.63) is 54.1 Å². The molecular weight excluding hydrogens is 310 g/mol. The maximum absolute atomic E-state index is 12.2. The van der Waals surface area contributed by atoms with Gasteiger partial charge >= 0.3 is 5.97 Å². The van der Waals surface area contributed by atoms with E-state index in [9.17, 15) is 9.59 Å². The molecule has 2 aromatic rings. The highest BCUT2D eigenvalue weighted by molar-refractivity contribution is 6.04. The molecule has 1 amide bonds. The molecule has 0 bridgehead atoms. The lowest BCUT2D eigenvalue weighted by Gasteiger charge is -2.08. The number of carboxylic acids is 1. The van der Waals surface area contributed by atoms with Crippen molar-refractivity contribution >= 4 is 17.6 Å². The van der Waals surface area contributed by atoms with Crippen molar-refractivity contribution in [1.82, 2.24) is 0 Å². The second-order valence-corrected chi connectivity index (χ2v) is 4.93. The summed E-state index contributed by atoms with van der Waals surface area (Å²) >= 11 is 0. The lowest BCUT2D eigenvalue weighted by molar-refractivity contribution is -0.137. The Morgan fingerprint density at radius 2 is 1.54 bits per heavy atom. The molecule has 126 valence electrons. The Hall–Kier alpha value is -3.02. The van der Waals surface area contributed by atoms with Gasteiger partial charge in [0, 0.05) is 11.3 Å². The minimum atomic E-state index is -0.915. The minimum Gasteiger partial charge on any atom is -0.494 e. The van der Waals surface area contributed by atoms with Gasteiger partial charge in [0.25, 0.3) is 5.91 Å². The maximum atomic E-state index is 12.2. The van der Waals surface area contributed by atoms with Gasteiger partial charge in [-0.05, 0) is 55.5 Å². The van der Waals surface area contributed by atoms with Gasteiger partial charge in [-0.2, -0.15) is 0 Å². The van der Waals surface area contributed by atoms with E-state index in [1.165, 1.54) is 0 Å². The summed E-state index contributed by atoms with van der Waals surface area (Å²) < 4.78 is 10.6. The van der Waals surface area contributed by atoms with Crippen molar-refractivity contribution in [1.29, 1.82) is 0 Å². The number of rotatable bonds is 8. The number of carbonyl (C=O) groups is 2. The molecule has 24 heavy (non-hydrogen) atoms. The lowest BCUT2D eigenvalue weighted by atomic mass is 10.2. The fraction of sp³-hybridized carbons (Fsp3) is 0.222. The zero-order valence-corrected chi connectivity index (χ0v) is 13.3. The minimum absolute atomic E-state index is 0.0695. The summed E-state index contributed by atoms with van der Waals surface area (Å²) in [6, 6.07) is 13.6. The Bertz CT molecular complexity index is 680. The Balaban J connectivity index is 1.91. The number of hydrogen-bond donors (Lipinski definition) is 2. The van der Waals surface area contributed by atoms with E-state index in [1.54, 1.807) is 48.5 Å². The molecule has 2 rings (SSSR count). The van der Waals surface area contributed by atoms with Gasteiger partial charge in [0.05, 0.1) is 19.6 Å². The Kier molecular flexibility index (Phi) is 6.19. The van der Waals surface area contributed by atoms with Crippen LogP contribution in [0.3, 0.4) is 0 Å². The highest BCUT2D eigenvalue weighted by atomic mass is 16.5. The standard InChI is InChI=1S/C18H19NO5/c1-2-23-15-9-5-14(6-10-15)19-18(22)13-3-7-16(8-4-13)24-12-11-17(20)21/h3-10H,2,11-12H2,1H3,(H,19,22)(H,20,21). The summed E-state index contributed by atoms with van der Waals surface area (Å²) in [4.78, 5) is 22.6. The summed E-state index contributed by atoms with van der Waals surface area (Å²) in [5.74, 6) is 0.116. The SMILES string of the molecule is CCOc1ccc(NC(=O)c2ccc(OCCC(=O)O)cc2)cc1. The molecule has 0 heterocycles. The van der Waals surface area contributed by atoms with E-state index in [1.807, 2.05) is 6.92 Å². The molecule has 0 saturated heterocycles. The Labute approximate surface area is 140 Å². The normalized spacial score (nSPS) is 10.0. The topological polar surface area (TPSA) is 84.9 Å². The maximum Gasteiger partial charge on any atom is 0.306 e. The molecule has 0 unspecified atom stereocenters. The van der Waals surface area contributed by atoms with E-state index in [0.717, 1.165) is 5.75 Å². The van der Waals surface area contributed by atoms with Crippen molar-refractivity contribution in [2.45, 2.75) is 13.3 Å². The van der Waals surface area contributed by atoms with Crippen LogP contribution in [-0.2, 0) is 4.79 Å². The first kappa shape index (κ1) is 17.3.